The van der Waals surface area contributed by atoms with Crippen LogP contribution in [0.3, 0.4) is 0 Å². The zero-order valence-electron chi connectivity index (χ0n) is 13.2. The van der Waals surface area contributed by atoms with Crippen molar-refractivity contribution in [1.82, 2.24) is 15.2 Å². The Labute approximate surface area is 142 Å². The number of halogens is 1. The minimum atomic E-state index is -0.438. The monoisotopic (exact) mass is 338 g/mol. The Kier molecular flexibility index (Phi) is 2.83. The van der Waals surface area contributed by atoms with E-state index >= 15 is 0 Å². The lowest BCUT2D eigenvalue weighted by molar-refractivity contribution is -0.110. The molecule has 3 amide bonds. The van der Waals surface area contributed by atoms with Crippen LogP contribution >= 0.6 is 0 Å². The quantitative estimate of drug-likeness (QED) is 0.787. The molecule has 25 heavy (non-hydrogen) atoms. The molecule has 1 aromatic carbocycles. The number of benzene rings is 1. The van der Waals surface area contributed by atoms with E-state index < -0.39 is 6.04 Å². The molecule has 0 saturated carbocycles. The van der Waals surface area contributed by atoms with Crippen molar-refractivity contribution in [2.75, 3.05) is 18.4 Å². The first-order chi connectivity index (χ1) is 12.1. The number of aromatic amines is 1. The predicted molar refractivity (Wildman–Crippen MR) is 90.1 cm³/mol. The molecule has 3 N–H and O–H groups in total. The third-order valence-corrected chi connectivity index (χ3v) is 5.14. The average molecular weight is 338 g/mol. The van der Waals surface area contributed by atoms with E-state index in [-0.39, 0.29) is 17.8 Å². The highest BCUT2D eigenvalue weighted by molar-refractivity contribution is 6.37. The topological polar surface area (TPSA) is 77.2 Å². The molecule has 1 fully saturated rings. The minimum absolute atomic E-state index is 0.200. The van der Waals surface area contributed by atoms with Gasteiger partial charge >= 0.3 is 6.03 Å². The van der Waals surface area contributed by atoms with Crippen LogP contribution in [0.25, 0.3) is 11.1 Å². The summed E-state index contributed by atoms with van der Waals surface area (Å²) in [4.78, 5) is 29.6. The smallest absolute Gasteiger partial charge is 0.318 e. The summed E-state index contributed by atoms with van der Waals surface area (Å²) < 4.78 is 14.8. The van der Waals surface area contributed by atoms with E-state index in [2.05, 4.69) is 15.6 Å². The van der Waals surface area contributed by atoms with Crippen LogP contribution < -0.4 is 10.6 Å². The lowest BCUT2D eigenvalue weighted by atomic mass is 9.81. The molecule has 6 nitrogen and oxygen atoms in total. The number of hydrogen-bond acceptors (Lipinski definition) is 2. The first-order valence-electron chi connectivity index (χ1n) is 8.20. The van der Waals surface area contributed by atoms with Gasteiger partial charge in [0.25, 0.3) is 5.91 Å². The summed E-state index contributed by atoms with van der Waals surface area (Å²) in [6.45, 7) is 1.05. The van der Waals surface area contributed by atoms with Crippen molar-refractivity contribution < 1.29 is 14.0 Å². The number of hydrogen-bond donors (Lipinski definition) is 3. The van der Waals surface area contributed by atoms with E-state index in [9.17, 15) is 14.0 Å². The number of rotatable bonds is 2. The zero-order chi connectivity index (χ0) is 17.1. The number of nitrogens with zero attached hydrogens (tertiary/aromatic N) is 1. The van der Waals surface area contributed by atoms with Crippen molar-refractivity contribution in [3.05, 3.63) is 53.1 Å². The molecule has 2 aromatic rings. The number of anilines is 1. The van der Waals surface area contributed by atoms with Gasteiger partial charge in [0.05, 0.1) is 11.6 Å². The van der Waals surface area contributed by atoms with Crippen LogP contribution in [0.1, 0.15) is 29.3 Å². The minimum Gasteiger partial charge on any atom is -0.361 e. The van der Waals surface area contributed by atoms with Gasteiger partial charge in [-0.15, -0.1) is 0 Å². The molecule has 7 heteroatoms. The maximum atomic E-state index is 14.8. The molecule has 1 saturated heterocycles. The third kappa shape index (κ3) is 1.89. The Bertz CT molecular complexity index is 948. The van der Waals surface area contributed by atoms with E-state index in [0.717, 1.165) is 11.3 Å². The van der Waals surface area contributed by atoms with Gasteiger partial charge in [-0.25, -0.2) is 9.18 Å². The molecule has 1 aromatic heterocycles. The van der Waals surface area contributed by atoms with Crippen molar-refractivity contribution in [3.63, 3.8) is 0 Å². The van der Waals surface area contributed by atoms with Crippen LogP contribution in [0.15, 0.2) is 30.5 Å². The Hall–Kier alpha value is -3.09. The molecule has 1 unspecified atom stereocenters. The van der Waals surface area contributed by atoms with Gasteiger partial charge in [0.1, 0.15) is 5.82 Å². The third-order valence-electron chi connectivity index (χ3n) is 5.14. The number of nitrogens with one attached hydrogen (secondary N) is 3. The first-order valence-corrected chi connectivity index (χ1v) is 8.20. The van der Waals surface area contributed by atoms with Gasteiger partial charge in [-0.1, -0.05) is 0 Å². The molecule has 3 heterocycles. The van der Waals surface area contributed by atoms with E-state index in [1.54, 1.807) is 17.2 Å². The standard InChI is InChI=1S/C18H15FN4O2/c19-10-3-4-12-16-14(17(24)22-12)9(11-2-1-5-20-11)8-13(15(10)16)23-7-6-21-18(23)25/h1-5,13,20H,6-8H2,(H,21,25)(H,22,24). The van der Waals surface area contributed by atoms with Gasteiger partial charge in [0.2, 0.25) is 0 Å². The highest BCUT2D eigenvalue weighted by Crippen LogP contribution is 2.50. The summed E-state index contributed by atoms with van der Waals surface area (Å²) in [7, 11) is 0. The second-order valence-electron chi connectivity index (χ2n) is 6.42. The molecule has 5 rings (SSSR count). The molecule has 2 aliphatic heterocycles. The number of carbonyl (C=O) groups excluding carboxylic acids is 2. The van der Waals surface area contributed by atoms with Crippen molar-refractivity contribution in [1.29, 1.82) is 0 Å². The van der Waals surface area contributed by atoms with Crippen LogP contribution in [-0.4, -0.2) is 34.9 Å². The van der Waals surface area contributed by atoms with Gasteiger partial charge in [0.15, 0.2) is 0 Å². The predicted octanol–water partition coefficient (Wildman–Crippen LogP) is 2.49. The first kappa shape index (κ1) is 14.3. The number of amides is 3. The van der Waals surface area contributed by atoms with Crippen molar-refractivity contribution in [2.24, 2.45) is 0 Å². The maximum Gasteiger partial charge on any atom is 0.318 e. The Morgan fingerprint density at radius 1 is 1.20 bits per heavy atom. The summed E-state index contributed by atoms with van der Waals surface area (Å²) in [5, 5.41) is 5.60. The van der Waals surface area contributed by atoms with Gasteiger partial charge < -0.3 is 20.5 Å². The SMILES string of the molecule is O=C1Nc2ccc(F)c3c2C1=C(c1ccc[nH]1)CC3N1CCNC1=O. The highest BCUT2D eigenvalue weighted by atomic mass is 19.1. The average Bonchev–Trinajstić information content (AvgIpc) is 3.32. The number of urea groups is 1. The van der Waals surface area contributed by atoms with E-state index in [0.29, 0.717) is 41.9 Å². The molecular weight excluding hydrogens is 323 g/mol. The van der Waals surface area contributed by atoms with Crippen LogP contribution in [0.4, 0.5) is 14.9 Å². The van der Waals surface area contributed by atoms with E-state index in [4.69, 9.17) is 0 Å². The molecule has 0 spiro atoms. The largest absolute Gasteiger partial charge is 0.361 e. The Morgan fingerprint density at radius 3 is 2.80 bits per heavy atom. The van der Waals surface area contributed by atoms with E-state index in [1.165, 1.54) is 6.07 Å². The van der Waals surface area contributed by atoms with E-state index in [1.807, 2.05) is 12.1 Å². The summed E-state index contributed by atoms with van der Waals surface area (Å²) in [6.07, 6.45) is 2.18. The fourth-order valence-electron chi connectivity index (χ4n) is 4.09. The number of aromatic nitrogens is 1. The van der Waals surface area contributed by atoms with Crippen molar-refractivity contribution in [2.45, 2.75) is 12.5 Å². The van der Waals surface area contributed by atoms with Crippen LogP contribution in [0.2, 0.25) is 0 Å². The molecule has 1 atom stereocenters. The van der Waals surface area contributed by atoms with Crippen molar-refractivity contribution >= 4 is 28.8 Å². The molecule has 0 radical (unpaired) electrons. The van der Waals surface area contributed by atoms with Crippen LogP contribution in [0, 0.1) is 5.82 Å². The molecular formula is C18H15FN4O2. The number of carbonyl (C=O) groups is 2. The van der Waals surface area contributed by atoms with Gasteiger partial charge in [-0.2, -0.15) is 0 Å². The van der Waals surface area contributed by atoms with Crippen molar-refractivity contribution in [3.8, 4) is 0 Å². The Morgan fingerprint density at radius 2 is 2.08 bits per heavy atom. The van der Waals surface area contributed by atoms with Crippen LogP contribution in [0.5, 0.6) is 0 Å². The van der Waals surface area contributed by atoms with Gasteiger partial charge in [-0.05, 0) is 29.8 Å². The summed E-state index contributed by atoms with van der Waals surface area (Å²) in [5.74, 6) is -0.612. The van der Waals surface area contributed by atoms with Gasteiger partial charge in [-0.3, -0.25) is 4.79 Å². The fraction of sp³-hybridized carbons (Fsp3) is 0.222. The normalized spacial score (nSPS) is 21.5. The number of H-pyrrole nitrogens is 1. The van der Waals surface area contributed by atoms with Crippen LogP contribution in [-0.2, 0) is 4.79 Å². The molecule has 3 aliphatic rings. The molecule has 0 bridgehead atoms. The fourth-order valence-corrected chi connectivity index (χ4v) is 4.09. The maximum absolute atomic E-state index is 14.8. The molecule has 126 valence electrons. The zero-order valence-corrected chi connectivity index (χ0v) is 13.2. The summed E-state index contributed by atoms with van der Waals surface area (Å²) >= 11 is 0. The second kappa shape index (κ2) is 4.95. The van der Waals surface area contributed by atoms with Gasteiger partial charge in [0, 0.05) is 48.2 Å². The highest BCUT2D eigenvalue weighted by Gasteiger charge is 2.42. The summed E-state index contributed by atoms with van der Waals surface area (Å²) in [6, 6.07) is 6.05. The Balaban J connectivity index is 1.78. The molecule has 1 aliphatic carbocycles. The lowest BCUT2D eigenvalue weighted by Crippen LogP contribution is -2.34. The lowest BCUT2D eigenvalue weighted by Gasteiger charge is -2.33. The second-order valence-corrected chi connectivity index (χ2v) is 6.42. The summed E-state index contributed by atoms with van der Waals surface area (Å²) in [5.41, 5.74) is 3.75.